The first-order valence-electron chi connectivity index (χ1n) is 4.49. The topological polar surface area (TPSA) is 27.0 Å². The molecule has 0 aliphatic carbocycles. The first-order valence-corrected chi connectivity index (χ1v) is 4.49. The van der Waals surface area contributed by atoms with E-state index in [9.17, 15) is 0 Å². The van der Waals surface area contributed by atoms with Gasteiger partial charge in [0.05, 0.1) is 0 Å². The molecule has 2 nitrogen and oxygen atoms in total. The molecule has 0 atom stereocenters. The summed E-state index contributed by atoms with van der Waals surface area (Å²) in [7, 11) is 0. The summed E-state index contributed by atoms with van der Waals surface area (Å²) in [6, 6.07) is 0. The maximum atomic E-state index is 8.77. The third-order valence-electron chi connectivity index (χ3n) is 1.76. The summed E-state index contributed by atoms with van der Waals surface area (Å²) in [4.78, 5) is 1.75. The second-order valence-corrected chi connectivity index (χ2v) is 3.50. The number of hydrogen-bond donors (Lipinski definition) is 0. The van der Waals surface area contributed by atoms with E-state index in [1.165, 1.54) is 0 Å². The molecule has 0 radical (unpaired) electrons. The van der Waals surface area contributed by atoms with Gasteiger partial charge in [-0.05, 0) is 26.7 Å². The van der Waals surface area contributed by atoms with Crippen molar-refractivity contribution in [3.8, 4) is 6.19 Å². The minimum absolute atomic E-state index is 0.777. The average Bonchev–Trinajstić information content (AvgIpc) is 2.04. The Balaban J connectivity index is 3.71. The molecule has 0 amide bonds. The Morgan fingerprint density at radius 3 is 1.77 bits per heavy atom. The van der Waals surface area contributed by atoms with Crippen molar-refractivity contribution in [1.29, 1.82) is 5.26 Å². The lowest BCUT2D eigenvalue weighted by molar-refractivity contribution is 0.399. The van der Waals surface area contributed by atoms with Crippen LogP contribution < -0.4 is 0 Å². The Labute approximate surface area is 81.2 Å². The van der Waals surface area contributed by atoms with Gasteiger partial charge >= 0.3 is 0 Å². The summed E-state index contributed by atoms with van der Waals surface area (Å²) in [6.07, 6.45) is 3.95. The van der Waals surface area contributed by atoms with E-state index in [0.717, 1.165) is 37.1 Å². The van der Waals surface area contributed by atoms with E-state index in [2.05, 4.69) is 19.4 Å². The molecule has 2 heteroatoms. The predicted molar refractivity (Wildman–Crippen MR) is 56.0 cm³/mol. The van der Waals surface area contributed by atoms with E-state index in [1.807, 2.05) is 13.8 Å². The highest BCUT2D eigenvalue weighted by Crippen LogP contribution is 2.02. The van der Waals surface area contributed by atoms with Gasteiger partial charge in [0.1, 0.15) is 0 Å². The summed E-state index contributed by atoms with van der Waals surface area (Å²) < 4.78 is 0. The molecule has 0 N–H and O–H groups in total. The van der Waals surface area contributed by atoms with Crippen LogP contribution in [0.1, 0.15) is 26.7 Å². The molecule has 0 spiro atoms. The van der Waals surface area contributed by atoms with Gasteiger partial charge < -0.3 is 4.90 Å². The summed E-state index contributed by atoms with van der Waals surface area (Å²) in [5.74, 6) is 0. The third-order valence-corrected chi connectivity index (χ3v) is 1.76. The minimum atomic E-state index is 0.777. The Morgan fingerprint density at radius 2 is 1.54 bits per heavy atom. The summed E-state index contributed by atoms with van der Waals surface area (Å²) in [5, 5.41) is 8.77. The van der Waals surface area contributed by atoms with Crippen molar-refractivity contribution in [2.75, 3.05) is 13.1 Å². The molecule has 0 bridgehead atoms. The SMILES string of the molecule is C=C(C)CCN(C#N)CCC(=C)C. The van der Waals surface area contributed by atoms with Crippen LogP contribution in [0.2, 0.25) is 0 Å². The maximum absolute atomic E-state index is 8.77. The molecule has 0 saturated heterocycles. The van der Waals surface area contributed by atoms with Crippen molar-refractivity contribution in [2.24, 2.45) is 0 Å². The molecule has 0 fully saturated rings. The molecule has 0 aliphatic heterocycles. The molecule has 72 valence electrons. The molecular formula is C11H18N2. The van der Waals surface area contributed by atoms with Crippen LogP contribution in [-0.2, 0) is 0 Å². The number of nitrogens with zero attached hydrogens (tertiary/aromatic N) is 2. The monoisotopic (exact) mass is 178 g/mol. The molecule has 0 aliphatic rings. The molecule has 0 aromatic carbocycles. The zero-order valence-electron chi connectivity index (χ0n) is 8.64. The molecule has 0 heterocycles. The van der Waals surface area contributed by atoms with Crippen molar-refractivity contribution >= 4 is 0 Å². The second kappa shape index (κ2) is 6.30. The van der Waals surface area contributed by atoms with E-state index < -0.39 is 0 Å². The fourth-order valence-electron chi connectivity index (χ4n) is 0.863. The Bertz CT molecular complexity index is 205. The average molecular weight is 178 g/mol. The molecule has 0 aromatic rings. The molecule has 0 unspecified atom stereocenters. The third kappa shape index (κ3) is 7.14. The first kappa shape index (κ1) is 11.8. The highest BCUT2D eigenvalue weighted by Gasteiger charge is 2.00. The highest BCUT2D eigenvalue weighted by molar-refractivity contribution is 4.93. The van der Waals surface area contributed by atoms with Gasteiger partial charge in [-0.1, -0.05) is 11.1 Å². The Kier molecular flexibility index (Phi) is 5.71. The highest BCUT2D eigenvalue weighted by atomic mass is 15.1. The van der Waals surface area contributed by atoms with Crippen LogP contribution in [-0.4, -0.2) is 18.0 Å². The lowest BCUT2D eigenvalue weighted by Gasteiger charge is -2.14. The molecular weight excluding hydrogens is 160 g/mol. The van der Waals surface area contributed by atoms with Crippen LogP contribution in [0.25, 0.3) is 0 Å². The molecule has 0 saturated carbocycles. The molecule has 13 heavy (non-hydrogen) atoms. The molecule has 0 rings (SSSR count). The maximum Gasteiger partial charge on any atom is 0.179 e. The van der Waals surface area contributed by atoms with E-state index >= 15 is 0 Å². The number of nitriles is 1. The summed E-state index contributed by atoms with van der Waals surface area (Å²) in [5.41, 5.74) is 2.24. The Morgan fingerprint density at radius 1 is 1.15 bits per heavy atom. The Hall–Kier alpha value is -1.23. The van der Waals surface area contributed by atoms with Crippen LogP contribution in [0.15, 0.2) is 24.3 Å². The van der Waals surface area contributed by atoms with E-state index in [0.29, 0.717) is 0 Å². The largest absolute Gasteiger partial charge is 0.310 e. The first-order chi connectivity index (χ1) is 6.06. The second-order valence-electron chi connectivity index (χ2n) is 3.50. The zero-order chi connectivity index (χ0) is 10.3. The van der Waals surface area contributed by atoms with Gasteiger partial charge in [0, 0.05) is 13.1 Å². The fourth-order valence-corrected chi connectivity index (χ4v) is 0.863. The lowest BCUT2D eigenvalue weighted by atomic mass is 10.2. The smallest absolute Gasteiger partial charge is 0.179 e. The van der Waals surface area contributed by atoms with E-state index in [1.54, 1.807) is 4.90 Å². The number of hydrogen-bond acceptors (Lipinski definition) is 2. The van der Waals surface area contributed by atoms with Gasteiger partial charge in [-0.3, -0.25) is 0 Å². The van der Waals surface area contributed by atoms with Gasteiger partial charge in [0.25, 0.3) is 0 Å². The quantitative estimate of drug-likeness (QED) is 0.355. The normalized spacial score (nSPS) is 9.00. The summed E-state index contributed by atoms with van der Waals surface area (Å²) in [6.45, 7) is 13.1. The van der Waals surface area contributed by atoms with Crippen molar-refractivity contribution < 1.29 is 0 Å². The number of rotatable bonds is 6. The van der Waals surface area contributed by atoms with Gasteiger partial charge in [0.2, 0.25) is 0 Å². The van der Waals surface area contributed by atoms with Crippen LogP contribution in [0.3, 0.4) is 0 Å². The standard InChI is InChI=1S/C11H18N2/c1-10(2)5-7-13(9-12)8-6-11(3)4/h1,3,5-8H2,2,4H3. The summed E-state index contributed by atoms with van der Waals surface area (Å²) >= 11 is 0. The van der Waals surface area contributed by atoms with Crippen LogP contribution in [0, 0.1) is 11.5 Å². The van der Waals surface area contributed by atoms with Crippen molar-refractivity contribution in [2.45, 2.75) is 26.7 Å². The van der Waals surface area contributed by atoms with Crippen LogP contribution >= 0.6 is 0 Å². The van der Waals surface area contributed by atoms with Gasteiger partial charge in [-0.2, -0.15) is 5.26 Å². The lowest BCUT2D eigenvalue weighted by Crippen LogP contribution is -2.20. The molecule has 0 aromatic heterocycles. The minimum Gasteiger partial charge on any atom is -0.310 e. The fraction of sp³-hybridized carbons (Fsp3) is 0.545. The van der Waals surface area contributed by atoms with Gasteiger partial charge in [0.15, 0.2) is 6.19 Å². The van der Waals surface area contributed by atoms with Gasteiger partial charge in [-0.25, -0.2) is 0 Å². The van der Waals surface area contributed by atoms with Crippen molar-refractivity contribution in [3.05, 3.63) is 24.3 Å². The van der Waals surface area contributed by atoms with Crippen LogP contribution in [0.4, 0.5) is 0 Å². The van der Waals surface area contributed by atoms with Crippen molar-refractivity contribution in [3.63, 3.8) is 0 Å². The zero-order valence-corrected chi connectivity index (χ0v) is 8.64. The van der Waals surface area contributed by atoms with E-state index in [-0.39, 0.29) is 0 Å². The van der Waals surface area contributed by atoms with Crippen molar-refractivity contribution in [1.82, 2.24) is 4.90 Å². The predicted octanol–water partition coefficient (Wildman–Crippen LogP) is 2.70. The van der Waals surface area contributed by atoms with E-state index in [4.69, 9.17) is 5.26 Å². The van der Waals surface area contributed by atoms with Crippen LogP contribution in [0.5, 0.6) is 0 Å². The van der Waals surface area contributed by atoms with Gasteiger partial charge in [-0.15, -0.1) is 13.2 Å².